The number of rotatable bonds is 6. The molecule has 0 saturated heterocycles. The molecule has 0 aliphatic heterocycles. The maximum atomic E-state index is 3.31. The molecule has 0 aliphatic rings. The molecule has 1 aromatic carbocycles. The van der Waals surface area contributed by atoms with Gasteiger partial charge in [-0.1, -0.05) is 30.3 Å². The molecule has 0 aromatic heterocycles. The Balaban J connectivity index is 2.07. The van der Waals surface area contributed by atoms with E-state index in [4.69, 9.17) is 0 Å². The predicted molar refractivity (Wildman–Crippen MR) is 55.0 cm³/mol. The Kier molecular flexibility index (Phi) is 5.43. The van der Waals surface area contributed by atoms with Crippen molar-refractivity contribution in [2.24, 2.45) is 0 Å². The van der Waals surface area contributed by atoms with E-state index in [1.807, 2.05) is 6.07 Å². The number of hydrogen-bond donors (Lipinski definition) is 3. The molecule has 3 N–H and O–H groups in total. The van der Waals surface area contributed by atoms with Gasteiger partial charge in [0.2, 0.25) is 0 Å². The van der Waals surface area contributed by atoms with Crippen LogP contribution < -0.4 is 15.8 Å². The molecule has 69 valence electrons. The molecule has 1 aromatic rings. The lowest BCUT2D eigenvalue weighted by Crippen LogP contribution is -2.35. The molecule has 1 rings (SSSR count). The fourth-order valence-corrected chi connectivity index (χ4v) is 1.17. The number of hydrazine groups is 1. The summed E-state index contributed by atoms with van der Waals surface area (Å²) in [5, 5.41) is 5.99. The van der Waals surface area contributed by atoms with Crippen molar-refractivity contribution in [1.29, 1.82) is 0 Å². The summed E-state index contributed by atoms with van der Waals surface area (Å²) in [5.74, 6) is 0. The summed E-state index contributed by atoms with van der Waals surface area (Å²) < 4.78 is 0. The first-order chi connectivity index (χ1) is 6.43. The molecule has 0 unspecified atom stereocenters. The van der Waals surface area contributed by atoms with E-state index in [1.54, 1.807) is 0 Å². The molecule has 0 spiro atoms. The highest BCUT2D eigenvalue weighted by atomic mass is 28.2. The van der Waals surface area contributed by atoms with Crippen LogP contribution >= 0.6 is 0 Å². The van der Waals surface area contributed by atoms with Gasteiger partial charge in [0.1, 0.15) is 0 Å². The minimum absolute atomic E-state index is 0.885. The maximum absolute atomic E-state index is 3.31. The Bertz CT molecular complexity index is 215. The van der Waals surface area contributed by atoms with Crippen LogP contribution in [-0.4, -0.2) is 23.5 Å². The van der Waals surface area contributed by atoms with Crippen LogP contribution in [0, 0.1) is 0 Å². The Morgan fingerprint density at radius 1 is 1.08 bits per heavy atom. The molecule has 0 atom stereocenters. The van der Waals surface area contributed by atoms with E-state index >= 15 is 0 Å². The Morgan fingerprint density at radius 3 is 2.54 bits per heavy atom. The van der Waals surface area contributed by atoms with Crippen LogP contribution in [0.1, 0.15) is 5.56 Å². The number of benzene rings is 1. The van der Waals surface area contributed by atoms with Crippen molar-refractivity contribution >= 4 is 10.4 Å². The lowest BCUT2D eigenvalue weighted by molar-refractivity contribution is 0.601. The van der Waals surface area contributed by atoms with Gasteiger partial charge in [0.15, 0.2) is 10.4 Å². The lowest BCUT2D eigenvalue weighted by atomic mass is 10.2. The van der Waals surface area contributed by atoms with Crippen molar-refractivity contribution in [2.45, 2.75) is 6.54 Å². The molecule has 0 saturated carbocycles. The first kappa shape index (κ1) is 10.4. The summed E-state index contributed by atoms with van der Waals surface area (Å²) >= 11 is 0. The fourth-order valence-electron chi connectivity index (χ4n) is 1.04. The van der Waals surface area contributed by atoms with Crippen LogP contribution in [0.15, 0.2) is 30.3 Å². The molecule has 0 bridgehead atoms. The zero-order chi connectivity index (χ0) is 9.36. The smallest absolute Gasteiger partial charge is 0.161 e. The van der Waals surface area contributed by atoms with E-state index in [0.717, 1.165) is 19.6 Å². The topological polar surface area (TPSA) is 36.1 Å². The van der Waals surface area contributed by atoms with Gasteiger partial charge in [-0.25, -0.2) is 0 Å². The van der Waals surface area contributed by atoms with Crippen molar-refractivity contribution in [3.63, 3.8) is 0 Å². The summed E-state index contributed by atoms with van der Waals surface area (Å²) in [5.41, 5.74) is 4.25. The van der Waals surface area contributed by atoms with E-state index in [2.05, 4.69) is 50.5 Å². The zero-order valence-corrected chi connectivity index (χ0v) is 8.51. The third-order valence-electron chi connectivity index (χ3n) is 1.69. The first-order valence-corrected chi connectivity index (χ1v) is 4.82. The second-order valence-electron chi connectivity index (χ2n) is 2.71. The quantitative estimate of drug-likeness (QED) is 0.336. The third-order valence-corrected chi connectivity index (χ3v) is 1.86. The lowest BCUT2D eigenvalue weighted by Gasteiger charge is -2.05. The molecule has 4 heteroatoms. The van der Waals surface area contributed by atoms with Gasteiger partial charge in [-0.3, -0.25) is 10.5 Å². The average molecular weight is 192 g/mol. The van der Waals surface area contributed by atoms with Gasteiger partial charge in [0, 0.05) is 19.6 Å². The van der Waals surface area contributed by atoms with Crippen molar-refractivity contribution in [3.05, 3.63) is 35.9 Å². The van der Waals surface area contributed by atoms with E-state index in [-0.39, 0.29) is 0 Å². The fraction of sp³-hybridized carbons (Fsp3) is 0.333. The monoisotopic (exact) mass is 192 g/mol. The van der Waals surface area contributed by atoms with Crippen LogP contribution in [0.25, 0.3) is 0 Å². The minimum atomic E-state index is 0.885. The number of hydrogen-bond acceptors (Lipinski definition) is 3. The highest BCUT2D eigenvalue weighted by Gasteiger charge is 1.89. The molecule has 0 aliphatic carbocycles. The molecule has 0 fully saturated rings. The van der Waals surface area contributed by atoms with Crippen LogP contribution in [0.4, 0.5) is 0 Å². The molecule has 3 radical (unpaired) electrons. The number of nitrogens with one attached hydrogen (secondary N) is 3. The van der Waals surface area contributed by atoms with E-state index in [9.17, 15) is 0 Å². The Morgan fingerprint density at radius 2 is 1.85 bits per heavy atom. The van der Waals surface area contributed by atoms with Gasteiger partial charge in [-0.2, -0.15) is 0 Å². The zero-order valence-electron chi connectivity index (χ0n) is 7.51. The minimum Gasteiger partial charge on any atom is -0.311 e. The summed E-state index contributed by atoms with van der Waals surface area (Å²) in [7, 11) is 3.10. The normalized spacial score (nSPS) is 10.2. The van der Waals surface area contributed by atoms with E-state index < -0.39 is 0 Å². The molecule has 0 amide bonds. The predicted octanol–water partition coefficient (Wildman–Crippen LogP) is -0.0461. The average Bonchev–Trinajstić information content (AvgIpc) is 2.19. The third kappa shape index (κ3) is 4.79. The first-order valence-electron chi connectivity index (χ1n) is 4.32. The van der Waals surface area contributed by atoms with Gasteiger partial charge < -0.3 is 5.32 Å². The van der Waals surface area contributed by atoms with Gasteiger partial charge in [-0.15, -0.1) is 0 Å². The Labute approximate surface area is 82.4 Å². The van der Waals surface area contributed by atoms with E-state index in [0.29, 0.717) is 0 Å². The van der Waals surface area contributed by atoms with Crippen LogP contribution in [0.2, 0.25) is 0 Å². The highest BCUT2D eigenvalue weighted by molar-refractivity contribution is 6.03. The van der Waals surface area contributed by atoms with E-state index in [1.165, 1.54) is 5.56 Å². The van der Waals surface area contributed by atoms with Crippen molar-refractivity contribution in [2.75, 3.05) is 13.1 Å². The van der Waals surface area contributed by atoms with Gasteiger partial charge in [0.05, 0.1) is 0 Å². The van der Waals surface area contributed by atoms with Gasteiger partial charge in [0.25, 0.3) is 0 Å². The van der Waals surface area contributed by atoms with Crippen molar-refractivity contribution in [3.8, 4) is 0 Å². The molecular weight excluding hydrogens is 178 g/mol. The molecule has 3 nitrogen and oxygen atoms in total. The Hall–Kier alpha value is -0.683. The summed E-state index contributed by atoms with van der Waals surface area (Å²) in [4.78, 5) is 0. The SMILES string of the molecule is [Si]NNCCNCc1ccccc1. The second-order valence-corrected chi connectivity index (χ2v) is 2.96. The van der Waals surface area contributed by atoms with Crippen LogP contribution in [0.5, 0.6) is 0 Å². The summed E-state index contributed by atoms with van der Waals surface area (Å²) in [6, 6.07) is 10.4. The molecule has 13 heavy (non-hydrogen) atoms. The van der Waals surface area contributed by atoms with Crippen LogP contribution in [0.3, 0.4) is 0 Å². The van der Waals surface area contributed by atoms with Crippen LogP contribution in [-0.2, 0) is 6.54 Å². The molecule has 0 heterocycles. The van der Waals surface area contributed by atoms with Gasteiger partial charge in [-0.05, 0) is 5.56 Å². The highest BCUT2D eigenvalue weighted by Crippen LogP contribution is 1.96. The summed E-state index contributed by atoms with van der Waals surface area (Å²) in [6.45, 7) is 2.74. The van der Waals surface area contributed by atoms with Crippen molar-refractivity contribution in [1.82, 2.24) is 15.8 Å². The maximum Gasteiger partial charge on any atom is 0.161 e. The standard InChI is InChI=1S/C9H14N3Si/c13-12-11-7-6-10-8-9-4-2-1-3-5-9/h1-5,10-12H,6-8H2. The molecular formula is C9H14N3Si. The largest absolute Gasteiger partial charge is 0.311 e. The van der Waals surface area contributed by atoms with Crippen molar-refractivity contribution < 1.29 is 0 Å². The van der Waals surface area contributed by atoms with Gasteiger partial charge >= 0.3 is 0 Å². The summed E-state index contributed by atoms with van der Waals surface area (Å²) in [6.07, 6.45) is 0. The second kappa shape index (κ2) is 6.79.